The molecule has 2 saturated heterocycles. The monoisotopic (exact) mass is 219 g/mol. The maximum Gasteiger partial charge on any atom is 0.111 e. The molecule has 4 heteroatoms. The summed E-state index contributed by atoms with van der Waals surface area (Å²) in [6.07, 6.45) is 2.38. The minimum absolute atomic E-state index is 0.285. The van der Waals surface area contributed by atoms with Gasteiger partial charge in [-0.3, -0.25) is 0 Å². The van der Waals surface area contributed by atoms with E-state index < -0.39 is 0 Å². The van der Waals surface area contributed by atoms with Gasteiger partial charge in [0.1, 0.15) is 5.69 Å². The third-order valence-corrected chi connectivity index (χ3v) is 2.96. The number of nitroso groups, excluding NO2 is 1. The second-order valence-corrected chi connectivity index (χ2v) is 4.37. The number of rotatable bonds is 5. The first-order valence-corrected chi connectivity index (χ1v) is 5.53. The normalized spacial score (nSPS) is 26.5. The molecule has 2 fully saturated rings. The molecule has 0 saturated carbocycles. The Bertz CT molecular complexity index is 411. The first kappa shape index (κ1) is 9.93. The van der Waals surface area contributed by atoms with E-state index >= 15 is 0 Å². The van der Waals surface area contributed by atoms with Gasteiger partial charge in [0.25, 0.3) is 0 Å². The van der Waals surface area contributed by atoms with Crippen molar-refractivity contribution < 1.29 is 9.47 Å². The average molecular weight is 219 g/mol. The summed E-state index contributed by atoms with van der Waals surface area (Å²) in [5, 5.41) is 3.05. The van der Waals surface area contributed by atoms with Gasteiger partial charge in [-0.25, -0.2) is 0 Å². The molecule has 0 radical (unpaired) electrons. The molecule has 1 aromatic rings. The predicted octanol–water partition coefficient (Wildman–Crippen LogP) is 1.97. The van der Waals surface area contributed by atoms with Gasteiger partial charge in [-0.1, -0.05) is 12.1 Å². The fourth-order valence-electron chi connectivity index (χ4n) is 1.90. The quantitative estimate of drug-likeness (QED) is 0.562. The van der Waals surface area contributed by atoms with Gasteiger partial charge in [-0.15, -0.1) is 4.91 Å². The SMILES string of the molecule is O=Nc1ccc(CC2CO2)cc1CC1CO1. The second kappa shape index (κ2) is 3.96. The number of hydrogen-bond acceptors (Lipinski definition) is 4. The number of epoxide rings is 2. The van der Waals surface area contributed by atoms with Gasteiger partial charge in [0.15, 0.2) is 0 Å². The van der Waals surface area contributed by atoms with E-state index in [4.69, 9.17) is 9.47 Å². The summed E-state index contributed by atoms with van der Waals surface area (Å²) in [6.45, 7) is 1.66. The van der Waals surface area contributed by atoms with E-state index in [1.54, 1.807) is 6.07 Å². The van der Waals surface area contributed by atoms with Gasteiger partial charge in [-0.2, -0.15) is 0 Å². The summed E-state index contributed by atoms with van der Waals surface area (Å²) < 4.78 is 10.4. The Morgan fingerprint density at radius 3 is 2.50 bits per heavy atom. The van der Waals surface area contributed by atoms with Crippen LogP contribution in [-0.2, 0) is 22.3 Å². The van der Waals surface area contributed by atoms with E-state index in [-0.39, 0.29) is 6.10 Å². The molecule has 0 amide bonds. The smallest absolute Gasteiger partial charge is 0.111 e. The Hall–Kier alpha value is -1.26. The van der Waals surface area contributed by atoms with Crippen LogP contribution in [0.4, 0.5) is 5.69 Å². The fourth-order valence-corrected chi connectivity index (χ4v) is 1.90. The van der Waals surface area contributed by atoms with E-state index in [9.17, 15) is 4.91 Å². The molecule has 0 aromatic heterocycles. The molecule has 2 aliphatic heterocycles. The summed E-state index contributed by atoms with van der Waals surface area (Å²) in [5.74, 6) is 0. The summed E-state index contributed by atoms with van der Waals surface area (Å²) in [6, 6.07) is 5.80. The minimum Gasteiger partial charge on any atom is -0.373 e. The lowest BCUT2D eigenvalue weighted by Crippen LogP contribution is -1.98. The van der Waals surface area contributed by atoms with Crippen LogP contribution >= 0.6 is 0 Å². The van der Waals surface area contributed by atoms with Gasteiger partial charge < -0.3 is 9.47 Å². The van der Waals surface area contributed by atoms with E-state index in [1.165, 1.54) is 5.56 Å². The van der Waals surface area contributed by atoms with Crippen molar-refractivity contribution in [2.45, 2.75) is 25.0 Å². The van der Waals surface area contributed by atoms with Gasteiger partial charge in [0.05, 0.1) is 25.4 Å². The summed E-state index contributed by atoms with van der Waals surface area (Å²) >= 11 is 0. The first-order chi connectivity index (χ1) is 7.85. The van der Waals surface area contributed by atoms with Crippen molar-refractivity contribution in [1.82, 2.24) is 0 Å². The van der Waals surface area contributed by atoms with Crippen LogP contribution in [0.3, 0.4) is 0 Å². The van der Waals surface area contributed by atoms with Crippen molar-refractivity contribution in [2.75, 3.05) is 13.2 Å². The van der Waals surface area contributed by atoms with Crippen LogP contribution in [0, 0.1) is 4.91 Å². The minimum atomic E-state index is 0.285. The Kier molecular flexibility index (Phi) is 2.46. The second-order valence-electron chi connectivity index (χ2n) is 4.37. The molecular weight excluding hydrogens is 206 g/mol. The van der Waals surface area contributed by atoms with Gasteiger partial charge in [0.2, 0.25) is 0 Å². The maximum absolute atomic E-state index is 10.7. The lowest BCUT2D eigenvalue weighted by atomic mass is 10.0. The summed E-state index contributed by atoms with van der Waals surface area (Å²) in [7, 11) is 0. The third kappa shape index (κ3) is 2.28. The lowest BCUT2D eigenvalue weighted by molar-refractivity contribution is 0.406. The molecule has 0 spiro atoms. The van der Waals surface area contributed by atoms with E-state index in [2.05, 4.69) is 11.2 Å². The number of hydrogen-bond donors (Lipinski definition) is 0. The largest absolute Gasteiger partial charge is 0.373 e. The lowest BCUT2D eigenvalue weighted by Gasteiger charge is -2.05. The van der Waals surface area contributed by atoms with Gasteiger partial charge in [-0.05, 0) is 22.4 Å². The van der Waals surface area contributed by atoms with Crippen LogP contribution in [0.1, 0.15) is 11.1 Å². The Morgan fingerprint density at radius 2 is 1.88 bits per heavy atom. The number of benzene rings is 1. The average Bonchev–Trinajstić information content (AvgIpc) is 3.14. The molecule has 4 nitrogen and oxygen atoms in total. The van der Waals surface area contributed by atoms with Crippen molar-refractivity contribution in [1.29, 1.82) is 0 Å². The van der Waals surface area contributed by atoms with E-state index in [1.807, 2.05) is 6.07 Å². The van der Waals surface area contributed by atoms with Crippen LogP contribution < -0.4 is 0 Å². The van der Waals surface area contributed by atoms with Crippen LogP contribution in [0.5, 0.6) is 0 Å². The summed E-state index contributed by atoms with van der Waals surface area (Å²) in [5.41, 5.74) is 2.75. The molecule has 16 heavy (non-hydrogen) atoms. The molecule has 1 aromatic carbocycles. The molecule has 2 unspecified atom stereocenters. The standard InChI is InChI=1S/C12H13NO3/c14-13-12-2-1-8(4-10-6-15-10)3-9(12)5-11-7-16-11/h1-3,10-11H,4-7H2. The molecule has 0 N–H and O–H groups in total. The molecule has 84 valence electrons. The zero-order valence-corrected chi connectivity index (χ0v) is 8.89. The van der Waals surface area contributed by atoms with Gasteiger partial charge in [0, 0.05) is 12.8 Å². The Balaban J connectivity index is 1.80. The van der Waals surface area contributed by atoms with Crippen molar-refractivity contribution in [3.8, 4) is 0 Å². The van der Waals surface area contributed by atoms with Crippen molar-refractivity contribution >= 4 is 5.69 Å². The Labute approximate surface area is 93.5 Å². The molecule has 3 rings (SSSR count). The maximum atomic E-state index is 10.7. The molecule has 0 aliphatic carbocycles. The van der Waals surface area contributed by atoms with Crippen molar-refractivity contribution in [3.05, 3.63) is 34.2 Å². The third-order valence-electron chi connectivity index (χ3n) is 2.96. The van der Waals surface area contributed by atoms with Gasteiger partial charge >= 0.3 is 0 Å². The Morgan fingerprint density at radius 1 is 1.19 bits per heavy atom. The predicted molar refractivity (Wildman–Crippen MR) is 58.8 cm³/mol. The zero-order chi connectivity index (χ0) is 11.0. The zero-order valence-electron chi connectivity index (χ0n) is 8.89. The van der Waals surface area contributed by atoms with Crippen LogP contribution in [0.15, 0.2) is 23.4 Å². The highest BCUT2D eigenvalue weighted by molar-refractivity contribution is 5.48. The van der Waals surface area contributed by atoms with E-state index in [0.717, 1.165) is 31.6 Å². The summed E-state index contributed by atoms with van der Waals surface area (Å²) in [4.78, 5) is 10.7. The molecular formula is C12H13NO3. The van der Waals surface area contributed by atoms with Crippen LogP contribution in [-0.4, -0.2) is 25.4 Å². The van der Waals surface area contributed by atoms with Crippen LogP contribution in [0.25, 0.3) is 0 Å². The highest BCUT2D eigenvalue weighted by Crippen LogP contribution is 2.27. The molecule has 0 bridgehead atoms. The highest BCUT2D eigenvalue weighted by atomic mass is 16.6. The van der Waals surface area contributed by atoms with Crippen LogP contribution in [0.2, 0.25) is 0 Å². The van der Waals surface area contributed by atoms with Crippen molar-refractivity contribution in [3.63, 3.8) is 0 Å². The highest BCUT2D eigenvalue weighted by Gasteiger charge is 2.26. The topological polar surface area (TPSA) is 54.5 Å². The molecule has 2 aliphatic rings. The first-order valence-electron chi connectivity index (χ1n) is 5.53. The molecule has 2 atom stereocenters. The fraction of sp³-hybridized carbons (Fsp3) is 0.500. The number of ether oxygens (including phenoxy) is 2. The number of nitrogens with zero attached hydrogens (tertiary/aromatic N) is 1. The molecule has 2 heterocycles. The van der Waals surface area contributed by atoms with Crippen molar-refractivity contribution in [2.24, 2.45) is 5.18 Å². The van der Waals surface area contributed by atoms with E-state index in [0.29, 0.717) is 11.8 Å².